The number of hydroxylamine groups is 4. The molecule has 17 heteroatoms. The fourth-order valence-corrected chi connectivity index (χ4v) is 5.51. The zero-order valence-corrected chi connectivity index (χ0v) is 29.1. The van der Waals surface area contributed by atoms with Crippen LogP contribution >= 0.6 is 0 Å². The first-order valence-corrected chi connectivity index (χ1v) is 17.2. The van der Waals surface area contributed by atoms with E-state index in [0.717, 1.165) is 0 Å². The molecule has 1 saturated heterocycles. The van der Waals surface area contributed by atoms with Gasteiger partial charge in [-0.2, -0.15) is 0 Å². The van der Waals surface area contributed by atoms with Gasteiger partial charge in [-0.15, -0.1) is 0 Å². The molecular formula is C34H49N5O12. The van der Waals surface area contributed by atoms with Crippen LogP contribution in [0.5, 0.6) is 5.75 Å². The first-order valence-electron chi connectivity index (χ1n) is 17.2. The molecule has 51 heavy (non-hydrogen) atoms. The number of unbranched alkanes of at least 4 members (excludes halogenated alkanes) is 3. The Morgan fingerprint density at radius 1 is 1.08 bits per heavy atom. The SMILES string of the molecule is COC(=O)CCCCCC(=O)N(O)CCCCC(NC(=O)C1COC(c2ccccc2O)=N1)C(=O)OC(C)CC(=O)NC1CCCCN(O)C1=O. The molecule has 2 aliphatic rings. The molecule has 1 aromatic carbocycles. The first kappa shape index (κ1) is 40.7. The summed E-state index contributed by atoms with van der Waals surface area (Å²) < 4.78 is 15.6. The lowest BCUT2D eigenvalue weighted by Gasteiger charge is -2.23. The lowest BCUT2D eigenvalue weighted by atomic mass is 10.1. The van der Waals surface area contributed by atoms with Gasteiger partial charge in [0.2, 0.25) is 23.6 Å². The molecule has 17 nitrogen and oxygen atoms in total. The smallest absolute Gasteiger partial charge is 0.328 e. The fraction of sp³-hybridized carbons (Fsp3) is 0.618. The van der Waals surface area contributed by atoms with Crippen molar-refractivity contribution in [1.29, 1.82) is 0 Å². The van der Waals surface area contributed by atoms with E-state index in [0.29, 0.717) is 54.2 Å². The zero-order chi connectivity index (χ0) is 37.3. The number of nitrogens with zero attached hydrogens (tertiary/aromatic N) is 3. The largest absolute Gasteiger partial charge is 0.507 e. The van der Waals surface area contributed by atoms with Crippen LogP contribution in [0, 0.1) is 0 Å². The second-order valence-electron chi connectivity index (χ2n) is 12.5. The number of amides is 4. The number of aliphatic imine (C=N–C) groups is 1. The van der Waals surface area contributed by atoms with E-state index < -0.39 is 53.8 Å². The highest BCUT2D eigenvalue weighted by atomic mass is 16.5. The predicted molar refractivity (Wildman–Crippen MR) is 178 cm³/mol. The summed E-state index contributed by atoms with van der Waals surface area (Å²) in [6.45, 7) is 1.50. The van der Waals surface area contributed by atoms with Crippen LogP contribution in [0.3, 0.4) is 0 Å². The number of benzene rings is 1. The number of methoxy groups -OCH3 is 1. The summed E-state index contributed by atoms with van der Waals surface area (Å²) in [6.07, 6.45) is 2.99. The Bertz CT molecular complexity index is 1410. The highest BCUT2D eigenvalue weighted by Gasteiger charge is 2.33. The van der Waals surface area contributed by atoms with Crippen molar-refractivity contribution in [3.63, 3.8) is 0 Å². The molecule has 282 valence electrons. The van der Waals surface area contributed by atoms with Gasteiger partial charge in [0, 0.05) is 25.9 Å². The van der Waals surface area contributed by atoms with Crippen LogP contribution in [0.15, 0.2) is 29.3 Å². The molecule has 5 N–H and O–H groups in total. The van der Waals surface area contributed by atoms with Crippen LogP contribution in [0.2, 0.25) is 0 Å². The average molecular weight is 720 g/mol. The summed E-state index contributed by atoms with van der Waals surface area (Å²) in [6, 6.07) is 3.22. The third-order valence-corrected chi connectivity index (χ3v) is 8.38. The van der Waals surface area contributed by atoms with Crippen molar-refractivity contribution in [2.75, 3.05) is 26.8 Å². The number of carbonyl (C=O) groups excluding carboxylic acids is 6. The molecule has 0 bridgehead atoms. The summed E-state index contributed by atoms with van der Waals surface area (Å²) in [7, 11) is 1.31. The Balaban J connectivity index is 1.55. The first-order chi connectivity index (χ1) is 24.4. The quantitative estimate of drug-likeness (QED) is 0.0596. The lowest BCUT2D eigenvalue weighted by Crippen LogP contribution is -2.48. The van der Waals surface area contributed by atoms with Gasteiger partial charge >= 0.3 is 11.9 Å². The Morgan fingerprint density at radius 3 is 2.57 bits per heavy atom. The molecule has 2 heterocycles. The maximum atomic E-state index is 13.3. The Kier molecular flexibility index (Phi) is 16.6. The van der Waals surface area contributed by atoms with Crippen molar-refractivity contribution in [1.82, 2.24) is 20.8 Å². The highest BCUT2D eigenvalue weighted by Crippen LogP contribution is 2.21. The Labute approximate surface area is 296 Å². The molecule has 0 spiro atoms. The number of phenols is 1. The minimum Gasteiger partial charge on any atom is -0.507 e. The van der Waals surface area contributed by atoms with Crippen molar-refractivity contribution in [3.05, 3.63) is 29.8 Å². The number of hydrogen-bond acceptors (Lipinski definition) is 13. The number of aromatic hydroxyl groups is 1. The number of nitrogens with one attached hydrogen (secondary N) is 2. The molecule has 2 aliphatic heterocycles. The number of hydrogen-bond donors (Lipinski definition) is 5. The van der Waals surface area contributed by atoms with Crippen LogP contribution in [0.25, 0.3) is 0 Å². The monoisotopic (exact) mass is 719 g/mol. The van der Waals surface area contributed by atoms with Crippen LogP contribution < -0.4 is 10.6 Å². The predicted octanol–water partition coefficient (Wildman–Crippen LogP) is 1.74. The fourth-order valence-electron chi connectivity index (χ4n) is 5.51. The van der Waals surface area contributed by atoms with Crippen molar-refractivity contribution in [2.24, 2.45) is 4.99 Å². The van der Waals surface area contributed by atoms with Gasteiger partial charge in [-0.1, -0.05) is 18.6 Å². The van der Waals surface area contributed by atoms with Gasteiger partial charge in [-0.3, -0.25) is 34.4 Å². The number of phenolic OH excluding ortho intramolecular Hbond substituents is 1. The minimum absolute atomic E-state index is 0.0247. The van der Waals surface area contributed by atoms with Gasteiger partial charge < -0.3 is 30.0 Å². The summed E-state index contributed by atoms with van der Waals surface area (Å²) in [5, 5.41) is 36.5. The summed E-state index contributed by atoms with van der Waals surface area (Å²) in [4.78, 5) is 79.3. The number of ether oxygens (including phenoxy) is 3. The minimum atomic E-state index is -1.18. The maximum absolute atomic E-state index is 13.3. The number of para-hydroxylation sites is 1. The van der Waals surface area contributed by atoms with Gasteiger partial charge in [0.25, 0.3) is 5.91 Å². The van der Waals surface area contributed by atoms with Gasteiger partial charge in [0.15, 0.2) is 6.04 Å². The van der Waals surface area contributed by atoms with Crippen LogP contribution in [-0.2, 0) is 43.0 Å². The van der Waals surface area contributed by atoms with Crippen LogP contribution in [-0.4, -0.2) is 118 Å². The van der Waals surface area contributed by atoms with Gasteiger partial charge in [0.1, 0.15) is 30.5 Å². The van der Waals surface area contributed by atoms with Crippen molar-refractivity contribution in [2.45, 2.75) is 108 Å². The van der Waals surface area contributed by atoms with E-state index in [1.165, 1.54) is 20.1 Å². The zero-order valence-electron chi connectivity index (χ0n) is 29.1. The normalized spacial score (nSPS) is 18.4. The molecule has 4 atom stereocenters. The molecular weight excluding hydrogens is 670 g/mol. The lowest BCUT2D eigenvalue weighted by molar-refractivity contribution is -0.167. The number of rotatable bonds is 19. The number of carbonyl (C=O) groups is 6. The molecule has 0 aromatic heterocycles. The average Bonchev–Trinajstić information content (AvgIpc) is 3.54. The van der Waals surface area contributed by atoms with E-state index in [1.807, 2.05) is 0 Å². The van der Waals surface area contributed by atoms with Gasteiger partial charge in [-0.05, 0) is 70.4 Å². The Morgan fingerprint density at radius 2 is 1.82 bits per heavy atom. The summed E-state index contributed by atoms with van der Waals surface area (Å²) >= 11 is 0. The highest BCUT2D eigenvalue weighted by molar-refractivity contribution is 6.00. The third kappa shape index (κ3) is 13.5. The van der Waals surface area contributed by atoms with Crippen LogP contribution in [0.4, 0.5) is 0 Å². The second kappa shape index (κ2) is 20.8. The van der Waals surface area contributed by atoms with E-state index in [4.69, 9.17) is 9.47 Å². The second-order valence-corrected chi connectivity index (χ2v) is 12.5. The molecule has 4 unspecified atom stereocenters. The van der Waals surface area contributed by atoms with Crippen LogP contribution in [0.1, 0.15) is 89.5 Å². The van der Waals surface area contributed by atoms with Crippen molar-refractivity contribution < 1.29 is 58.5 Å². The molecule has 3 rings (SSSR count). The van der Waals surface area contributed by atoms with E-state index in [2.05, 4.69) is 20.4 Å². The molecule has 0 aliphatic carbocycles. The molecule has 0 radical (unpaired) electrons. The van der Waals surface area contributed by atoms with E-state index in [1.54, 1.807) is 18.2 Å². The van der Waals surface area contributed by atoms with Gasteiger partial charge in [0.05, 0.1) is 19.1 Å². The van der Waals surface area contributed by atoms with Crippen molar-refractivity contribution in [3.8, 4) is 5.75 Å². The maximum Gasteiger partial charge on any atom is 0.328 e. The van der Waals surface area contributed by atoms with Crippen molar-refractivity contribution >= 4 is 41.5 Å². The molecule has 0 saturated carbocycles. The molecule has 1 aromatic rings. The van der Waals surface area contributed by atoms with Gasteiger partial charge in [-0.25, -0.2) is 19.9 Å². The third-order valence-electron chi connectivity index (χ3n) is 8.38. The summed E-state index contributed by atoms with van der Waals surface area (Å²) in [5.41, 5.74) is 0.303. The Hall–Kier alpha value is -4.77. The number of esters is 2. The summed E-state index contributed by atoms with van der Waals surface area (Å²) in [5.74, 6) is -3.47. The molecule has 1 fully saturated rings. The standard InChI is InChI=1S/C34H49N5O12/c1-22(20-28(41)35-24-13-8-11-19-39(48)33(24)45)51-34(46)25(14-9-10-18-38(47)29(42)16-4-3-5-17-30(43)49-2)36-31(44)26-21-50-32(37-26)23-12-6-7-15-27(23)40/h6-7,12,15,22,24-26,40,47-48H,3-5,8-11,13-14,16-21H2,1-2H3,(H,35,41)(H,36,44). The topological polar surface area (TPSA) is 234 Å². The van der Waals surface area contributed by atoms with E-state index >= 15 is 0 Å². The van der Waals surface area contributed by atoms with E-state index in [9.17, 15) is 44.3 Å². The van der Waals surface area contributed by atoms with E-state index in [-0.39, 0.29) is 75.8 Å². The molecule has 4 amide bonds.